The van der Waals surface area contributed by atoms with Gasteiger partial charge in [0.25, 0.3) is 0 Å². The highest BCUT2D eigenvalue weighted by molar-refractivity contribution is 5.71. The summed E-state index contributed by atoms with van der Waals surface area (Å²) >= 11 is 0. The summed E-state index contributed by atoms with van der Waals surface area (Å²) in [4.78, 5) is 8.81. The molecule has 9 heteroatoms. The number of pyridine rings is 1. The summed E-state index contributed by atoms with van der Waals surface area (Å²) in [7, 11) is 0. The standard InChI is InChI=1S/C23H21FN6O2/c1-12-17-8-15(24)4-5-16(17)23-27-11-28-30(23)10-20-21(18(29-32-20)6-13-2-3-13)14-7-19(31-12)22(25)26-9-14/h4-5,7-9,11-13H,2-3,6,10H2,1H3,(H2,25,26). The van der Waals surface area contributed by atoms with Crippen LogP contribution in [0.3, 0.4) is 0 Å². The molecule has 162 valence electrons. The predicted octanol–water partition coefficient (Wildman–Crippen LogP) is 4.17. The third-order valence-corrected chi connectivity index (χ3v) is 6.09. The van der Waals surface area contributed by atoms with Gasteiger partial charge in [0.15, 0.2) is 23.2 Å². The molecule has 1 saturated carbocycles. The second-order valence-electron chi connectivity index (χ2n) is 8.42. The van der Waals surface area contributed by atoms with Crippen molar-refractivity contribution in [1.82, 2.24) is 24.9 Å². The molecule has 1 aliphatic heterocycles. The second kappa shape index (κ2) is 7.15. The van der Waals surface area contributed by atoms with E-state index < -0.39 is 6.10 Å². The van der Waals surface area contributed by atoms with E-state index in [0.717, 1.165) is 28.8 Å². The minimum absolute atomic E-state index is 0.264. The predicted molar refractivity (Wildman–Crippen MR) is 114 cm³/mol. The molecule has 32 heavy (non-hydrogen) atoms. The summed E-state index contributed by atoms with van der Waals surface area (Å²) in [5.74, 6) is 2.21. The van der Waals surface area contributed by atoms with Gasteiger partial charge in [-0.15, -0.1) is 0 Å². The Labute approximate surface area is 183 Å². The number of anilines is 1. The van der Waals surface area contributed by atoms with Crippen LogP contribution in [0.2, 0.25) is 0 Å². The van der Waals surface area contributed by atoms with Crippen LogP contribution in [0.25, 0.3) is 22.5 Å². The Morgan fingerprint density at radius 3 is 2.94 bits per heavy atom. The van der Waals surface area contributed by atoms with E-state index in [1.54, 1.807) is 16.9 Å². The zero-order chi connectivity index (χ0) is 21.8. The fraction of sp³-hybridized carbons (Fsp3) is 0.304. The lowest BCUT2D eigenvalue weighted by Crippen LogP contribution is -2.12. The van der Waals surface area contributed by atoms with Crippen LogP contribution in [0.4, 0.5) is 10.2 Å². The van der Waals surface area contributed by atoms with Crippen molar-refractivity contribution < 1.29 is 13.7 Å². The number of aromatic nitrogens is 5. The number of nitrogens with zero attached hydrogens (tertiary/aromatic N) is 5. The van der Waals surface area contributed by atoms with Crippen LogP contribution < -0.4 is 10.5 Å². The van der Waals surface area contributed by atoms with E-state index in [0.29, 0.717) is 35.4 Å². The van der Waals surface area contributed by atoms with Crippen LogP contribution in [0, 0.1) is 11.7 Å². The van der Waals surface area contributed by atoms with E-state index in [-0.39, 0.29) is 11.6 Å². The Morgan fingerprint density at radius 1 is 1.22 bits per heavy atom. The van der Waals surface area contributed by atoms with Gasteiger partial charge in [-0.25, -0.2) is 19.0 Å². The molecule has 1 unspecified atom stereocenters. The first-order chi connectivity index (χ1) is 15.6. The number of hydrogen-bond donors (Lipinski definition) is 1. The van der Waals surface area contributed by atoms with Crippen LogP contribution in [-0.4, -0.2) is 24.9 Å². The van der Waals surface area contributed by atoms with E-state index in [2.05, 4.69) is 20.2 Å². The van der Waals surface area contributed by atoms with E-state index >= 15 is 0 Å². The van der Waals surface area contributed by atoms with Crippen LogP contribution in [0.5, 0.6) is 5.75 Å². The average molecular weight is 432 g/mol. The summed E-state index contributed by atoms with van der Waals surface area (Å²) < 4.78 is 27.9. The zero-order valence-corrected chi connectivity index (χ0v) is 17.5. The largest absolute Gasteiger partial charge is 0.482 e. The van der Waals surface area contributed by atoms with Gasteiger partial charge in [-0.05, 0) is 56.4 Å². The minimum atomic E-state index is -0.502. The molecule has 2 bridgehead atoms. The van der Waals surface area contributed by atoms with Gasteiger partial charge in [0.1, 0.15) is 24.8 Å². The Hall–Kier alpha value is -3.75. The van der Waals surface area contributed by atoms with E-state index in [1.165, 1.54) is 31.3 Å². The molecule has 4 heterocycles. The number of nitrogen functional groups attached to an aromatic ring is 1. The third-order valence-electron chi connectivity index (χ3n) is 6.09. The molecule has 0 amide bonds. The van der Waals surface area contributed by atoms with Gasteiger partial charge in [0.2, 0.25) is 0 Å². The second-order valence-corrected chi connectivity index (χ2v) is 8.42. The first-order valence-electron chi connectivity index (χ1n) is 10.6. The molecular weight excluding hydrogens is 411 g/mol. The lowest BCUT2D eigenvalue weighted by Gasteiger charge is -2.20. The Kier molecular flexibility index (Phi) is 4.24. The first-order valence-corrected chi connectivity index (χ1v) is 10.6. The van der Waals surface area contributed by atoms with Crippen LogP contribution in [-0.2, 0) is 13.0 Å². The van der Waals surface area contributed by atoms with Crippen molar-refractivity contribution in [2.24, 2.45) is 5.92 Å². The van der Waals surface area contributed by atoms with Gasteiger partial charge in [-0.2, -0.15) is 5.10 Å². The van der Waals surface area contributed by atoms with Gasteiger partial charge in [-0.1, -0.05) is 5.16 Å². The topological polar surface area (TPSA) is 105 Å². The maximum absolute atomic E-state index is 14.2. The van der Waals surface area contributed by atoms with Gasteiger partial charge >= 0.3 is 0 Å². The molecule has 2 aliphatic rings. The first kappa shape index (κ1) is 19.0. The molecule has 3 aromatic heterocycles. The van der Waals surface area contributed by atoms with Crippen molar-refractivity contribution in [3.63, 3.8) is 0 Å². The van der Waals surface area contributed by atoms with E-state index in [4.69, 9.17) is 15.0 Å². The molecule has 2 N–H and O–H groups in total. The molecule has 1 fully saturated rings. The van der Waals surface area contributed by atoms with Crippen molar-refractivity contribution in [1.29, 1.82) is 0 Å². The molecule has 8 nitrogen and oxygen atoms in total. The number of ether oxygens (including phenoxy) is 1. The lowest BCUT2D eigenvalue weighted by atomic mass is 10.00. The molecule has 1 aliphatic carbocycles. The van der Waals surface area contributed by atoms with E-state index in [1.807, 2.05) is 13.0 Å². The maximum atomic E-state index is 14.2. The Balaban J connectivity index is 1.58. The van der Waals surface area contributed by atoms with Gasteiger partial charge < -0.3 is 15.0 Å². The fourth-order valence-electron chi connectivity index (χ4n) is 4.27. The molecule has 4 aromatic rings. The Morgan fingerprint density at radius 2 is 2.09 bits per heavy atom. The molecular formula is C23H21FN6O2. The number of halogens is 1. The molecule has 1 atom stereocenters. The number of hydrogen-bond acceptors (Lipinski definition) is 7. The Bertz CT molecular complexity index is 1330. The molecule has 0 spiro atoms. The number of benzene rings is 1. The normalized spacial score (nSPS) is 17.4. The van der Waals surface area contributed by atoms with Crippen LogP contribution in [0.1, 0.15) is 42.9 Å². The minimum Gasteiger partial charge on any atom is -0.482 e. The van der Waals surface area contributed by atoms with Crippen molar-refractivity contribution in [3.05, 3.63) is 59.6 Å². The summed E-state index contributed by atoms with van der Waals surface area (Å²) in [5, 5.41) is 8.79. The van der Waals surface area contributed by atoms with Crippen molar-refractivity contribution in [2.45, 2.75) is 38.8 Å². The van der Waals surface area contributed by atoms with Crippen LogP contribution in [0.15, 0.2) is 41.3 Å². The highest BCUT2D eigenvalue weighted by Crippen LogP contribution is 2.40. The number of fused-ring (bicyclic) bond motifs is 7. The van der Waals surface area contributed by atoms with Crippen molar-refractivity contribution in [3.8, 4) is 28.3 Å². The average Bonchev–Trinajstić information content (AvgIpc) is 3.33. The number of nitrogens with two attached hydrogens (primary N) is 1. The highest BCUT2D eigenvalue weighted by Gasteiger charge is 2.29. The molecule has 0 saturated heterocycles. The van der Waals surface area contributed by atoms with Crippen molar-refractivity contribution >= 4 is 5.82 Å². The number of rotatable bonds is 2. The molecule has 1 aromatic carbocycles. The maximum Gasteiger partial charge on any atom is 0.166 e. The van der Waals surface area contributed by atoms with Crippen LogP contribution >= 0.6 is 0 Å². The van der Waals surface area contributed by atoms with Gasteiger partial charge in [0.05, 0.1) is 11.3 Å². The van der Waals surface area contributed by atoms with E-state index in [9.17, 15) is 4.39 Å². The summed E-state index contributed by atoms with van der Waals surface area (Å²) in [6.45, 7) is 2.17. The summed E-state index contributed by atoms with van der Waals surface area (Å²) in [5.41, 5.74) is 10.1. The SMILES string of the molecule is CC1Oc2cc(cnc2N)-c2c(CC3CC3)noc2Cn2ncnc2-c2ccc(F)cc21. The van der Waals surface area contributed by atoms with Gasteiger partial charge in [0, 0.05) is 22.9 Å². The van der Waals surface area contributed by atoms with Gasteiger partial charge in [-0.3, -0.25) is 0 Å². The highest BCUT2D eigenvalue weighted by atomic mass is 19.1. The van der Waals surface area contributed by atoms with Crippen molar-refractivity contribution in [2.75, 3.05) is 5.73 Å². The quantitative estimate of drug-likeness (QED) is 0.507. The fourth-order valence-corrected chi connectivity index (χ4v) is 4.27. The lowest BCUT2D eigenvalue weighted by molar-refractivity contribution is 0.227. The smallest absolute Gasteiger partial charge is 0.166 e. The summed E-state index contributed by atoms with van der Waals surface area (Å²) in [6.07, 6.45) is 5.94. The third kappa shape index (κ3) is 3.21. The molecule has 0 radical (unpaired) electrons. The monoisotopic (exact) mass is 432 g/mol. The zero-order valence-electron chi connectivity index (χ0n) is 17.5. The summed E-state index contributed by atoms with van der Waals surface area (Å²) in [6, 6.07) is 6.40. The molecule has 6 rings (SSSR count).